The minimum absolute atomic E-state index is 0.197. The molecule has 2 aliphatic rings. The largest absolute Gasteiger partial charge is 0.573 e. The number of benzene rings is 1. The molecular formula is C24H31BrF3N5O. The average molecular weight is 542 g/mol. The molecular weight excluding hydrogens is 511 g/mol. The molecule has 0 spiro atoms. The van der Waals surface area contributed by atoms with Crippen LogP contribution in [0.2, 0.25) is 0 Å². The van der Waals surface area contributed by atoms with Crippen LogP contribution in [0.4, 0.5) is 24.9 Å². The second-order valence-corrected chi connectivity index (χ2v) is 10.1. The standard InChI is InChI=1S/C24H31BrF3N5O/c1-30-22-18-4-2-3-5-20(18)32-23(33-22)31-17-10-7-14(8-11-17)19(29)12-15-6-9-16(25)13-21(15)34-24(26,27)28/h6,9,13-14,17,19H,2-5,7-8,10-12,29H2,1H3,(H2,30,31,32,33). The first-order valence-corrected chi connectivity index (χ1v) is 12.6. The Balaban J connectivity index is 1.35. The number of anilines is 2. The first-order chi connectivity index (χ1) is 16.2. The van der Waals surface area contributed by atoms with Gasteiger partial charge in [0.15, 0.2) is 0 Å². The van der Waals surface area contributed by atoms with Crippen molar-refractivity contribution in [2.24, 2.45) is 11.7 Å². The lowest BCUT2D eigenvalue weighted by Gasteiger charge is -2.33. The number of aryl methyl sites for hydroxylation is 1. The van der Waals surface area contributed by atoms with Crippen LogP contribution in [0.15, 0.2) is 22.7 Å². The number of ether oxygens (including phenoxy) is 1. The van der Waals surface area contributed by atoms with Gasteiger partial charge in [0.2, 0.25) is 5.95 Å². The number of nitrogens with zero attached hydrogens (tertiary/aromatic N) is 2. The molecule has 1 aromatic heterocycles. The van der Waals surface area contributed by atoms with Gasteiger partial charge in [-0.2, -0.15) is 4.98 Å². The number of hydrogen-bond acceptors (Lipinski definition) is 6. The molecule has 4 N–H and O–H groups in total. The summed E-state index contributed by atoms with van der Waals surface area (Å²) in [5.41, 5.74) is 9.30. The van der Waals surface area contributed by atoms with Gasteiger partial charge in [0, 0.05) is 29.2 Å². The summed E-state index contributed by atoms with van der Waals surface area (Å²) in [6.45, 7) is 0. The Kier molecular flexibility index (Phi) is 7.87. The van der Waals surface area contributed by atoms with Crippen molar-refractivity contribution in [2.75, 3.05) is 17.7 Å². The first kappa shape index (κ1) is 25.0. The minimum Gasteiger partial charge on any atom is -0.405 e. The molecule has 1 aromatic carbocycles. The van der Waals surface area contributed by atoms with Crippen molar-refractivity contribution in [2.45, 2.75) is 76.2 Å². The van der Waals surface area contributed by atoms with Crippen LogP contribution in [-0.2, 0) is 19.3 Å². The van der Waals surface area contributed by atoms with Crippen LogP contribution in [-0.4, -0.2) is 35.5 Å². The number of alkyl halides is 3. The SMILES string of the molecule is CNc1nc(NC2CCC(C(N)Cc3ccc(Br)cc3OC(F)(F)F)CC2)nc2c1CCCC2. The smallest absolute Gasteiger partial charge is 0.405 e. The topological polar surface area (TPSA) is 85.1 Å². The van der Waals surface area contributed by atoms with Gasteiger partial charge < -0.3 is 21.1 Å². The summed E-state index contributed by atoms with van der Waals surface area (Å²) >= 11 is 3.21. The molecule has 2 aliphatic carbocycles. The Morgan fingerprint density at radius 1 is 1.15 bits per heavy atom. The maximum atomic E-state index is 12.8. The summed E-state index contributed by atoms with van der Waals surface area (Å²) in [7, 11) is 1.89. The summed E-state index contributed by atoms with van der Waals surface area (Å²) in [6.07, 6.45) is 3.55. The summed E-state index contributed by atoms with van der Waals surface area (Å²) < 4.78 is 43.2. The van der Waals surface area contributed by atoms with Crippen LogP contribution < -0.4 is 21.1 Å². The van der Waals surface area contributed by atoms with E-state index in [4.69, 9.17) is 10.7 Å². The molecule has 0 aliphatic heterocycles. The highest BCUT2D eigenvalue weighted by Gasteiger charge is 2.33. The third-order valence-electron chi connectivity index (χ3n) is 6.84. The van der Waals surface area contributed by atoms with Gasteiger partial charge in [-0.05, 0) is 81.4 Å². The second-order valence-electron chi connectivity index (χ2n) is 9.20. The average Bonchev–Trinajstić information content (AvgIpc) is 2.79. The predicted octanol–water partition coefficient (Wildman–Crippen LogP) is 5.60. The van der Waals surface area contributed by atoms with Gasteiger partial charge in [-0.15, -0.1) is 13.2 Å². The van der Waals surface area contributed by atoms with E-state index >= 15 is 0 Å². The van der Waals surface area contributed by atoms with Crippen molar-refractivity contribution in [3.05, 3.63) is 39.5 Å². The van der Waals surface area contributed by atoms with E-state index in [0.717, 1.165) is 56.5 Å². The highest BCUT2D eigenvalue weighted by Crippen LogP contribution is 2.34. The van der Waals surface area contributed by atoms with Gasteiger partial charge in [-0.1, -0.05) is 22.0 Å². The third-order valence-corrected chi connectivity index (χ3v) is 7.33. The summed E-state index contributed by atoms with van der Waals surface area (Å²) in [5, 5.41) is 6.71. The molecule has 2 aromatic rings. The van der Waals surface area contributed by atoms with Crippen molar-refractivity contribution in [3.63, 3.8) is 0 Å². The quantitative estimate of drug-likeness (QED) is 0.423. The van der Waals surface area contributed by atoms with E-state index in [9.17, 15) is 13.2 Å². The molecule has 1 heterocycles. The Bertz CT molecular complexity index is 978. The van der Waals surface area contributed by atoms with Crippen molar-refractivity contribution in [1.82, 2.24) is 9.97 Å². The summed E-state index contributed by atoms with van der Waals surface area (Å²) in [6, 6.07) is 4.71. The predicted molar refractivity (Wildman–Crippen MR) is 130 cm³/mol. The third kappa shape index (κ3) is 6.33. The number of nitrogens with one attached hydrogen (secondary N) is 2. The Morgan fingerprint density at radius 3 is 2.59 bits per heavy atom. The monoisotopic (exact) mass is 541 g/mol. The molecule has 4 rings (SSSR count). The van der Waals surface area contributed by atoms with Gasteiger partial charge >= 0.3 is 6.36 Å². The highest BCUT2D eigenvalue weighted by atomic mass is 79.9. The van der Waals surface area contributed by atoms with Gasteiger partial charge in [0.1, 0.15) is 11.6 Å². The Morgan fingerprint density at radius 2 is 1.88 bits per heavy atom. The van der Waals surface area contributed by atoms with E-state index in [0.29, 0.717) is 22.4 Å². The van der Waals surface area contributed by atoms with E-state index in [1.807, 2.05) is 7.05 Å². The Hall–Kier alpha value is -2.07. The summed E-state index contributed by atoms with van der Waals surface area (Å²) in [4.78, 5) is 9.46. The fraction of sp³-hybridized carbons (Fsp3) is 0.583. The van der Waals surface area contributed by atoms with Gasteiger partial charge in [-0.25, -0.2) is 4.98 Å². The fourth-order valence-electron chi connectivity index (χ4n) is 5.08. The van der Waals surface area contributed by atoms with Gasteiger partial charge in [-0.3, -0.25) is 0 Å². The molecule has 10 heteroatoms. The van der Waals surface area contributed by atoms with Crippen LogP contribution in [0.25, 0.3) is 0 Å². The molecule has 0 saturated heterocycles. The summed E-state index contributed by atoms with van der Waals surface area (Å²) in [5.74, 6) is 1.62. The van der Waals surface area contributed by atoms with Crippen LogP contribution in [0.5, 0.6) is 5.75 Å². The van der Waals surface area contributed by atoms with E-state index in [2.05, 4.69) is 36.3 Å². The van der Waals surface area contributed by atoms with Crippen LogP contribution in [0, 0.1) is 5.92 Å². The fourth-order valence-corrected chi connectivity index (χ4v) is 5.42. The van der Waals surface area contributed by atoms with E-state index in [1.165, 1.54) is 18.1 Å². The molecule has 1 saturated carbocycles. The van der Waals surface area contributed by atoms with E-state index < -0.39 is 6.36 Å². The molecule has 0 bridgehead atoms. The lowest BCUT2D eigenvalue weighted by atomic mass is 9.80. The number of halogens is 4. The van der Waals surface area contributed by atoms with Gasteiger partial charge in [0.05, 0.1) is 5.69 Å². The second kappa shape index (κ2) is 10.7. The van der Waals surface area contributed by atoms with Crippen LogP contribution >= 0.6 is 15.9 Å². The zero-order valence-corrected chi connectivity index (χ0v) is 20.8. The van der Waals surface area contributed by atoms with Crippen LogP contribution in [0.3, 0.4) is 0 Å². The van der Waals surface area contributed by atoms with Crippen LogP contribution in [0.1, 0.15) is 55.3 Å². The molecule has 34 heavy (non-hydrogen) atoms. The highest BCUT2D eigenvalue weighted by molar-refractivity contribution is 9.10. The molecule has 0 radical (unpaired) electrons. The lowest BCUT2D eigenvalue weighted by molar-refractivity contribution is -0.274. The normalized spacial score (nSPS) is 21.5. The van der Waals surface area contributed by atoms with Crippen molar-refractivity contribution in [3.8, 4) is 5.75 Å². The molecule has 1 unspecified atom stereocenters. The van der Waals surface area contributed by atoms with E-state index in [-0.39, 0.29) is 23.8 Å². The van der Waals surface area contributed by atoms with Crippen molar-refractivity contribution < 1.29 is 17.9 Å². The number of aromatic nitrogens is 2. The molecule has 1 atom stereocenters. The zero-order valence-electron chi connectivity index (χ0n) is 19.2. The van der Waals surface area contributed by atoms with Gasteiger partial charge in [0.25, 0.3) is 0 Å². The minimum atomic E-state index is -4.74. The van der Waals surface area contributed by atoms with E-state index in [1.54, 1.807) is 12.1 Å². The lowest BCUT2D eigenvalue weighted by Crippen LogP contribution is -2.38. The number of hydrogen-bond donors (Lipinski definition) is 3. The zero-order chi connectivity index (χ0) is 24.3. The maximum Gasteiger partial charge on any atom is 0.573 e. The van der Waals surface area contributed by atoms with Crippen molar-refractivity contribution >= 4 is 27.7 Å². The molecule has 0 amide bonds. The maximum absolute atomic E-state index is 12.8. The molecule has 186 valence electrons. The number of nitrogens with two attached hydrogens (primary N) is 1. The first-order valence-electron chi connectivity index (χ1n) is 11.9. The number of rotatable bonds is 7. The number of fused-ring (bicyclic) bond motifs is 1. The molecule has 1 fully saturated rings. The Labute approximate surface area is 206 Å². The molecule has 6 nitrogen and oxygen atoms in total. The van der Waals surface area contributed by atoms with Crippen molar-refractivity contribution in [1.29, 1.82) is 0 Å².